The quantitative estimate of drug-likeness (QED) is 0.624. The van der Waals surface area contributed by atoms with Gasteiger partial charge in [-0.25, -0.2) is 0 Å². The van der Waals surface area contributed by atoms with Crippen molar-refractivity contribution in [3.05, 3.63) is 0 Å². The molecule has 0 bridgehead atoms. The third-order valence-electron chi connectivity index (χ3n) is 3.65. The lowest BCUT2D eigenvalue weighted by atomic mass is 9.76. The lowest BCUT2D eigenvalue weighted by Crippen LogP contribution is -2.23. The van der Waals surface area contributed by atoms with Gasteiger partial charge in [0.15, 0.2) is 0 Å². The van der Waals surface area contributed by atoms with E-state index in [1.54, 1.807) is 0 Å². The number of alkyl halides is 2. The average molecular weight is 326 g/mol. The number of hydrogen-bond donors (Lipinski definition) is 0. The second kappa shape index (κ2) is 7.27. The van der Waals surface area contributed by atoms with E-state index in [1.165, 1.54) is 49.2 Å². The minimum Gasteiger partial charge on any atom is -0.0925 e. The van der Waals surface area contributed by atoms with Crippen molar-refractivity contribution in [3.8, 4) is 0 Å². The van der Waals surface area contributed by atoms with Gasteiger partial charge in [0.25, 0.3) is 0 Å². The van der Waals surface area contributed by atoms with Crippen molar-refractivity contribution < 1.29 is 0 Å². The summed E-state index contributed by atoms with van der Waals surface area (Å²) in [5.41, 5.74) is 0. The smallest absolute Gasteiger partial charge is 0.00703 e. The van der Waals surface area contributed by atoms with Crippen molar-refractivity contribution in [2.75, 3.05) is 10.7 Å². The lowest BCUT2D eigenvalue weighted by molar-refractivity contribution is 0.221. The third kappa shape index (κ3) is 3.84. The Morgan fingerprint density at radius 2 is 1.64 bits per heavy atom. The average Bonchev–Trinajstić information content (AvgIpc) is 2.23. The lowest BCUT2D eigenvalue weighted by Gasteiger charge is -2.32. The second-order valence-electron chi connectivity index (χ2n) is 4.64. The van der Waals surface area contributed by atoms with Crippen LogP contribution in [0.3, 0.4) is 0 Å². The van der Waals surface area contributed by atoms with Crippen LogP contribution >= 0.6 is 31.9 Å². The minimum absolute atomic E-state index is 0.859. The van der Waals surface area contributed by atoms with Gasteiger partial charge < -0.3 is 0 Å². The van der Waals surface area contributed by atoms with E-state index < -0.39 is 0 Å². The summed E-state index contributed by atoms with van der Waals surface area (Å²) in [6, 6.07) is 0. The molecule has 0 heterocycles. The van der Waals surface area contributed by atoms with E-state index in [0.717, 1.165) is 17.8 Å². The molecule has 0 spiro atoms. The first-order chi connectivity index (χ1) is 6.81. The van der Waals surface area contributed by atoms with Crippen LogP contribution in [-0.4, -0.2) is 10.7 Å². The van der Waals surface area contributed by atoms with Crippen LogP contribution in [0.4, 0.5) is 0 Å². The molecule has 1 fully saturated rings. The normalized spacial score (nSPS) is 28.3. The first-order valence-electron chi connectivity index (χ1n) is 5.93. The van der Waals surface area contributed by atoms with Crippen LogP contribution in [0.25, 0.3) is 0 Å². The molecule has 1 aliphatic rings. The molecule has 84 valence electrons. The number of rotatable bonds is 5. The summed E-state index contributed by atoms with van der Waals surface area (Å²) in [5.74, 6) is 2.88. The summed E-state index contributed by atoms with van der Waals surface area (Å²) >= 11 is 7.25. The molecule has 0 aromatic rings. The predicted octanol–water partition coefficient (Wildman–Crippen LogP) is 5.00. The summed E-state index contributed by atoms with van der Waals surface area (Å²) < 4.78 is 0. The van der Waals surface area contributed by atoms with Gasteiger partial charge in [0, 0.05) is 10.7 Å². The Labute approximate surface area is 105 Å². The van der Waals surface area contributed by atoms with E-state index in [4.69, 9.17) is 0 Å². The van der Waals surface area contributed by atoms with Gasteiger partial charge in [-0.3, -0.25) is 0 Å². The summed E-state index contributed by atoms with van der Waals surface area (Å²) in [5, 5.41) is 2.34. The zero-order valence-corrected chi connectivity index (χ0v) is 12.3. The maximum atomic E-state index is 3.63. The molecule has 0 radical (unpaired) electrons. The molecule has 0 amide bonds. The highest BCUT2D eigenvalue weighted by Gasteiger charge is 2.25. The SMILES string of the molecule is CCCC1CCC(C(CBr)CBr)CC1. The maximum Gasteiger partial charge on any atom is 0.00703 e. The molecule has 0 aromatic carbocycles. The Hall–Kier alpha value is 0.960. The van der Waals surface area contributed by atoms with Crippen LogP contribution in [0, 0.1) is 17.8 Å². The predicted molar refractivity (Wildman–Crippen MR) is 71.4 cm³/mol. The molecule has 1 aliphatic carbocycles. The molecule has 0 unspecified atom stereocenters. The van der Waals surface area contributed by atoms with Crippen molar-refractivity contribution in [1.82, 2.24) is 0 Å². The molecule has 0 aliphatic heterocycles. The van der Waals surface area contributed by atoms with Gasteiger partial charge >= 0.3 is 0 Å². The molecule has 0 atom stereocenters. The highest BCUT2D eigenvalue weighted by molar-refractivity contribution is 9.09. The molecular formula is C12H22Br2. The van der Waals surface area contributed by atoms with Gasteiger partial charge in [0.2, 0.25) is 0 Å². The molecule has 0 aromatic heterocycles. The first kappa shape index (κ1) is 13.0. The topological polar surface area (TPSA) is 0 Å². The van der Waals surface area contributed by atoms with Crippen molar-refractivity contribution in [2.24, 2.45) is 17.8 Å². The Kier molecular flexibility index (Phi) is 6.76. The third-order valence-corrected chi connectivity index (χ3v) is 5.31. The van der Waals surface area contributed by atoms with Crippen LogP contribution in [0.15, 0.2) is 0 Å². The molecule has 1 rings (SSSR count). The summed E-state index contributed by atoms with van der Waals surface area (Å²) in [6.07, 6.45) is 8.72. The van der Waals surface area contributed by atoms with E-state index in [-0.39, 0.29) is 0 Å². The first-order valence-corrected chi connectivity index (χ1v) is 8.18. The van der Waals surface area contributed by atoms with Crippen LogP contribution < -0.4 is 0 Å². The Balaban J connectivity index is 2.27. The zero-order chi connectivity index (χ0) is 10.4. The molecule has 14 heavy (non-hydrogen) atoms. The van der Waals surface area contributed by atoms with Gasteiger partial charge in [-0.2, -0.15) is 0 Å². The zero-order valence-electron chi connectivity index (χ0n) is 9.14. The molecule has 2 heteroatoms. The van der Waals surface area contributed by atoms with Gasteiger partial charge in [-0.1, -0.05) is 64.5 Å². The van der Waals surface area contributed by atoms with E-state index in [1.807, 2.05) is 0 Å². The Bertz CT molecular complexity index is 135. The van der Waals surface area contributed by atoms with E-state index >= 15 is 0 Å². The van der Waals surface area contributed by atoms with Gasteiger partial charge in [0.1, 0.15) is 0 Å². The largest absolute Gasteiger partial charge is 0.0925 e. The fraction of sp³-hybridized carbons (Fsp3) is 1.00. The monoisotopic (exact) mass is 324 g/mol. The van der Waals surface area contributed by atoms with Gasteiger partial charge in [0.05, 0.1) is 0 Å². The Morgan fingerprint density at radius 3 is 2.07 bits per heavy atom. The van der Waals surface area contributed by atoms with Crippen molar-refractivity contribution >= 4 is 31.9 Å². The van der Waals surface area contributed by atoms with Crippen LogP contribution in [0.1, 0.15) is 45.4 Å². The van der Waals surface area contributed by atoms with Crippen molar-refractivity contribution in [2.45, 2.75) is 45.4 Å². The number of halogens is 2. The molecule has 0 nitrogen and oxygen atoms in total. The minimum atomic E-state index is 0.859. The van der Waals surface area contributed by atoms with Gasteiger partial charge in [-0.05, 0) is 30.6 Å². The van der Waals surface area contributed by atoms with Crippen LogP contribution in [-0.2, 0) is 0 Å². The van der Waals surface area contributed by atoms with E-state index in [0.29, 0.717) is 0 Å². The highest BCUT2D eigenvalue weighted by Crippen LogP contribution is 2.36. The fourth-order valence-corrected chi connectivity index (χ4v) is 4.78. The molecule has 1 saturated carbocycles. The maximum absolute atomic E-state index is 3.63. The summed E-state index contributed by atoms with van der Waals surface area (Å²) in [6.45, 7) is 2.31. The Morgan fingerprint density at radius 1 is 1.07 bits per heavy atom. The van der Waals surface area contributed by atoms with Crippen LogP contribution in [0.5, 0.6) is 0 Å². The second-order valence-corrected chi connectivity index (χ2v) is 5.93. The molecule has 0 saturated heterocycles. The number of hydrogen-bond acceptors (Lipinski definition) is 0. The van der Waals surface area contributed by atoms with E-state index in [9.17, 15) is 0 Å². The summed E-state index contributed by atoms with van der Waals surface area (Å²) in [4.78, 5) is 0. The highest BCUT2D eigenvalue weighted by atomic mass is 79.9. The molecule has 0 N–H and O–H groups in total. The summed E-state index contributed by atoms with van der Waals surface area (Å²) in [7, 11) is 0. The fourth-order valence-electron chi connectivity index (χ4n) is 2.65. The van der Waals surface area contributed by atoms with Crippen molar-refractivity contribution in [3.63, 3.8) is 0 Å². The van der Waals surface area contributed by atoms with E-state index in [2.05, 4.69) is 38.8 Å². The van der Waals surface area contributed by atoms with Crippen molar-refractivity contribution in [1.29, 1.82) is 0 Å². The van der Waals surface area contributed by atoms with Gasteiger partial charge in [-0.15, -0.1) is 0 Å². The molecular weight excluding hydrogens is 304 g/mol. The van der Waals surface area contributed by atoms with Crippen LogP contribution in [0.2, 0.25) is 0 Å². The standard InChI is InChI=1S/C12H22Br2/c1-2-3-10-4-6-11(7-5-10)12(8-13)9-14/h10-12H,2-9H2,1H3.